The van der Waals surface area contributed by atoms with Crippen molar-refractivity contribution in [3.05, 3.63) is 59.2 Å². The maximum Gasteiger partial charge on any atom is 0.203 e. The minimum Gasteiger partial charge on any atom is -0.495 e. The number of anilines is 2. The molecule has 0 bridgehead atoms. The standard InChI is InChI=1S/C31H40N2O7/c1-19(13-25(34)22-11-12-26(35-2)23(32)18-22)33-24-14-20(15-27(36-3)30(24)39-6)9-8-10-21-16-28(37-4)31(40-7)29(17-21)38-5/h11-12,14-19,33H,8-10,13,32H2,1-7H3. The summed E-state index contributed by atoms with van der Waals surface area (Å²) in [5.74, 6) is 3.57. The van der Waals surface area contributed by atoms with Crippen LogP contribution in [0.4, 0.5) is 11.4 Å². The van der Waals surface area contributed by atoms with E-state index in [1.165, 1.54) is 0 Å². The maximum absolute atomic E-state index is 12.9. The molecule has 0 aliphatic rings. The maximum atomic E-state index is 12.9. The van der Waals surface area contributed by atoms with Crippen molar-refractivity contribution >= 4 is 17.2 Å². The van der Waals surface area contributed by atoms with Gasteiger partial charge in [0.05, 0.1) is 54.0 Å². The van der Waals surface area contributed by atoms with Crippen LogP contribution in [0.3, 0.4) is 0 Å². The first kappa shape index (κ1) is 30.3. The highest BCUT2D eigenvalue weighted by molar-refractivity contribution is 5.97. The van der Waals surface area contributed by atoms with Gasteiger partial charge < -0.3 is 39.5 Å². The molecule has 0 saturated carbocycles. The number of aryl methyl sites for hydroxylation is 2. The van der Waals surface area contributed by atoms with Crippen molar-refractivity contribution < 1.29 is 33.2 Å². The molecule has 3 aromatic carbocycles. The van der Waals surface area contributed by atoms with Gasteiger partial charge in [-0.1, -0.05) is 0 Å². The van der Waals surface area contributed by atoms with Gasteiger partial charge in [-0.2, -0.15) is 0 Å². The molecule has 40 heavy (non-hydrogen) atoms. The molecule has 1 atom stereocenters. The minimum absolute atomic E-state index is 0.0261. The molecule has 9 heteroatoms. The summed E-state index contributed by atoms with van der Waals surface area (Å²) in [5.41, 5.74) is 9.88. The van der Waals surface area contributed by atoms with Crippen molar-refractivity contribution in [1.29, 1.82) is 0 Å². The van der Waals surface area contributed by atoms with E-state index in [0.717, 1.165) is 36.1 Å². The van der Waals surface area contributed by atoms with Gasteiger partial charge in [0.25, 0.3) is 0 Å². The fourth-order valence-electron chi connectivity index (χ4n) is 4.67. The van der Waals surface area contributed by atoms with Gasteiger partial charge in [0.2, 0.25) is 5.75 Å². The lowest BCUT2D eigenvalue weighted by atomic mass is 10.0. The third-order valence-electron chi connectivity index (χ3n) is 6.64. The summed E-state index contributed by atoms with van der Waals surface area (Å²) in [6, 6.07) is 12.9. The lowest BCUT2D eigenvalue weighted by Gasteiger charge is -2.20. The zero-order chi connectivity index (χ0) is 29.2. The lowest BCUT2D eigenvalue weighted by Crippen LogP contribution is -2.20. The van der Waals surface area contributed by atoms with E-state index in [4.69, 9.17) is 34.2 Å². The van der Waals surface area contributed by atoms with Crippen LogP contribution in [0.15, 0.2) is 42.5 Å². The second-order valence-corrected chi connectivity index (χ2v) is 9.40. The molecule has 0 amide bonds. The Labute approximate surface area is 236 Å². The van der Waals surface area contributed by atoms with Gasteiger partial charge in [-0.05, 0) is 79.8 Å². The highest BCUT2D eigenvalue weighted by Crippen LogP contribution is 2.40. The molecule has 3 rings (SSSR count). The van der Waals surface area contributed by atoms with Crippen LogP contribution in [0.25, 0.3) is 0 Å². The molecule has 3 N–H and O–H groups in total. The zero-order valence-corrected chi connectivity index (χ0v) is 24.4. The Bertz CT molecular complexity index is 1280. The quantitative estimate of drug-likeness (QED) is 0.185. The lowest BCUT2D eigenvalue weighted by molar-refractivity contribution is 0.0978. The Kier molecular flexibility index (Phi) is 10.8. The molecular weight excluding hydrogens is 512 g/mol. The minimum atomic E-state index is -0.177. The highest BCUT2D eigenvalue weighted by atomic mass is 16.5. The van der Waals surface area contributed by atoms with Gasteiger partial charge in [0.15, 0.2) is 28.8 Å². The molecule has 0 aliphatic carbocycles. The van der Waals surface area contributed by atoms with E-state index in [2.05, 4.69) is 5.32 Å². The van der Waals surface area contributed by atoms with Crippen LogP contribution in [0.1, 0.15) is 41.3 Å². The predicted octanol–water partition coefficient (Wildman–Crippen LogP) is 5.57. The van der Waals surface area contributed by atoms with E-state index in [1.807, 2.05) is 31.2 Å². The molecule has 0 spiro atoms. The molecule has 0 aromatic heterocycles. The third kappa shape index (κ3) is 7.22. The van der Waals surface area contributed by atoms with Crippen LogP contribution in [-0.2, 0) is 12.8 Å². The first-order chi connectivity index (χ1) is 19.3. The Morgan fingerprint density at radius 2 is 1.25 bits per heavy atom. The van der Waals surface area contributed by atoms with Gasteiger partial charge in [-0.25, -0.2) is 0 Å². The Hall–Kier alpha value is -4.27. The number of methoxy groups -OCH3 is 6. The molecule has 1 unspecified atom stereocenters. The first-order valence-electron chi connectivity index (χ1n) is 13.0. The molecule has 0 heterocycles. The summed E-state index contributed by atoms with van der Waals surface area (Å²) in [6.07, 6.45) is 2.75. The number of nitrogen functional groups attached to an aromatic ring is 1. The number of Topliss-reactive ketones (excluding diaryl/α,β-unsaturated/α-hetero) is 1. The average molecular weight is 553 g/mol. The molecule has 3 aromatic rings. The number of hydrogen-bond donors (Lipinski definition) is 2. The van der Waals surface area contributed by atoms with Gasteiger partial charge in [0.1, 0.15) is 5.75 Å². The summed E-state index contributed by atoms with van der Waals surface area (Å²) >= 11 is 0. The third-order valence-corrected chi connectivity index (χ3v) is 6.64. The van der Waals surface area contributed by atoms with E-state index in [1.54, 1.807) is 60.9 Å². The Morgan fingerprint density at radius 1 is 0.725 bits per heavy atom. The Balaban J connectivity index is 1.73. The fraction of sp³-hybridized carbons (Fsp3) is 0.387. The second-order valence-electron chi connectivity index (χ2n) is 9.40. The summed E-state index contributed by atoms with van der Waals surface area (Å²) in [5, 5.41) is 3.44. The number of rotatable bonds is 15. The van der Waals surface area contributed by atoms with Crippen molar-refractivity contribution in [2.45, 2.75) is 38.6 Å². The molecule has 9 nitrogen and oxygen atoms in total. The number of carbonyl (C=O) groups excluding carboxylic acids is 1. The number of carbonyl (C=O) groups is 1. The predicted molar refractivity (Wildman–Crippen MR) is 157 cm³/mol. The van der Waals surface area contributed by atoms with Crippen molar-refractivity contribution in [3.8, 4) is 34.5 Å². The average Bonchev–Trinajstić information content (AvgIpc) is 2.95. The van der Waals surface area contributed by atoms with Crippen molar-refractivity contribution in [1.82, 2.24) is 0 Å². The van der Waals surface area contributed by atoms with Crippen LogP contribution >= 0.6 is 0 Å². The van der Waals surface area contributed by atoms with Crippen molar-refractivity contribution in [2.75, 3.05) is 53.7 Å². The van der Waals surface area contributed by atoms with E-state index in [9.17, 15) is 4.79 Å². The first-order valence-corrected chi connectivity index (χ1v) is 13.0. The normalized spacial score (nSPS) is 11.4. The number of nitrogens with one attached hydrogen (secondary N) is 1. The molecule has 0 radical (unpaired) electrons. The van der Waals surface area contributed by atoms with Crippen LogP contribution in [0.2, 0.25) is 0 Å². The smallest absolute Gasteiger partial charge is 0.203 e. The SMILES string of the molecule is COc1ccc(C(=O)CC(C)Nc2cc(CCCc3cc(OC)c(OC)c(OC)c3)cc(OC)c2OC)cc1N. The summed E-state index contributed by atoms with van der Waals surface area (Å²) < 4.78 is 32.9. The van der Waals surface area contributed by atoms with Gasteiger partial charge in [-0.3, -0.25) is 4.79 Å². The second kappa shape index (κ2) is 14.2. The van der Waals surface area contributed by atoms with Crippen molar-refractivity contribution in [3.63, 3.8) is 0 Å². The number of ketones is 1. The van der Waals surface area contributed by atoms with Crippen LogP contribution in [-0.4, -0.2) is 54.5 Å². The van der Waals surface area contributed by atoms with Crippen molar-refractivity contribution in [2.24, 2.45) is 0 Å². The van der Waals surface area contributed by atoms with E-state index in [-0.39, 0.29) is 18.2 Å². The monoisotopic (exact) mass is 552 g/mol. The highest BCUT2D eigenvalue weighted by Gasteiger charge is 2.18. The van der Waals surface area contributed by atoms with E-state index in [0.29, 0.717) is 45.7 Å². The van der Waals surface area contributed by atoms with Crippen LogP contribution in [0, 0.1) is 0 Å². The van der Waals surface area contributed by atoms with Gasteiger partial charge >= 0.3 is 0 Å². The largest absolute Gasteiger partial charge is 0.495 e. The summed E-state index contributed by atoms with van der Waals surface area (Å²) in [4.78, 5) is 12.9. The molecule has 0 saturated heterocycles. The van der Waals surface area contributed by atoms with E-state index >= 15 is 0 Å². The number of ether oxygens (including phenoxy) is 6. The number of hydrogen-bond acceptors (Lipinski definition) is 9. The topological polar surface area (TPSA) is 111 Å². The zero-order valence-electron chi connectivity index (χ0n) is 24.4. The molecule has 0 fully saturated rings. The molecule has 0 aliphatic heterocycles. The summed E-state index contributed by atoms with van der Waals surface area (Å²) in [6.45, 7) is 1.95. The number of nitrogens with two attached hydrogens (primary N) is 1. The Morgan fingerprint density at radius 3 is 1.75 bits per heavy atom. The fourth-order valence-corrected chi connectivity index (χ4v) is 4.67. The van der Waals surface area contributed by atoms with Gasteiger partial charge in [0, 0.05) is 18.0 Å². The molecule has 216 valence electrons. The van der Waals surface area contributed by atoms with Crippen LogP contribution < -0.4 is 39.5 Å². The summed E-state index contributed by atoms with van der Waals surface area (Å²) in [7, 11) is 9.57. The van der Waals surface area contributed by atoms with Gasteiger partial charge in [-0.15, -0.1) is 0 Å². The van der Waals surface area contributed by atoms with E-state index < -0.39 is 0 Å². The molecular formula is C31H40N2O7. The van der Waals surface area contributed by atoms with Crippen LogP contribution in [0.5, 0.6) is 34.5 Å². The number of benzene rings is 3.